The van der Waals surface area contributed by atoms with Crippen LogP contribution in [0, 0.1) is 27.5 Å². The van der Waals surface area contributed by atoms with Crippen LogP contribution < -0.4 is 0 Å². The minimum Gasteiger partial charge on any atom is -0.498 e. The molecule has 19 heavy (non-hydrogen) atoms. The lowest BCUT2D eigenvalue weighted by Crippen LogP contribution is -2.37. The molecule has 0 aromatic rings. The van der Waals surface area contributed by atoms with Crippen LogP contribution in [0.25, 0.3) is 5.01 Å². The lowest BCUT2D eigenvalue weighted by molar-refractivity contribution is -0.0318. The third kappa shape index (κ3) is 1.47. The second-order valence-electron chi connectivity index (χ2n) is 6.99. The Morgan fingerprint density at radius 2 is 2.05 bits per heavy atom. The summed E-state index contributed by atoms with van der Waals surface area (Å²) in [5.41, 5.74) is -0.713. The fourth-order valence-electron chi connectivity index (χ4n) is 5.50. The molecule has 0 saturated heterocycles. The second-order valence-corrected chi connectivity index (χ2v) is 6.99. The minimum atomic E-state index is -0.651. The Hall–Kier alpha value is -1.01. The Morgan fingerprint density at radius 3 is 2.63 bits per heavy atom. The van der Waals surface area contributed by atoms with Gasteiger partial charge >= 0.3 is 0 Å². The molecule has 1 N–H and O–H groups in total. The van der Waals surface area contributed by atoms with E-state index in [0.29, 0.717) is 6.42 Å². The van der Waals surface area contributed by atoms with Crippen molar-refractivity contribution in [3.63, 3.8) is 0 Å². The first-order chi connectivity index (χ1) is 8.83. The molecule has 2 rings (SSSR count). The van der Waals surface area contributed by atoms with Crippen LogP contribution in [0.3, 0.4) is 0 Å². The highest BCUT2D eigenvalue weighted by molar-refractivity contribution is 5.37. The number of aliphatic hydroxyl groups is 1. The highest BCUT2D eigenvalue weighted by Gasteiger charge is 2.88. The Morgan fingerprint density at radius 1 is 1.37 bits per heavy atom. The molecule has 0 amide bonds. The summed E-state index contributed by atoms with van der Waals surface area (Å²) < 4.78 is 0. The van der Waals surface area contributed by atoms with Crippen LogP contribution in [0.5, 0.6) is 0 Å². The van der Waals surface area contributed by atoms with E-state index >= 15 is 0 Å². The SMILES string of the molecule is C=CCCC[C@]12C(C)(C)[C@@]1(CC#[N+][O-])CC[C@@]2(C)O. The van der Waals surface area contributed by atoms with Gasteiger partial charge in [0.15, 0.2) is 0 Å². The Balaban J connectivity index is 2.32. The van der Waals surface area contributed by atoms with Gasteiger partial charge in [0.05, 0.1) is 12.0 Å². The van der Waals surface area contributed by atoms with Gasteiger partial charge in [-0.2, -0.15) is 0 Å². The number of nitrogens with zero attached hydrogens (tertiary/aromatic N) is 1. The molecule has 2 saturated carbocycles. The number of hydrogen-bond donors (Lipinski definition) is 1. The van der Waals surface area contributed by atoms with Crippen molar-refractivity contribution in [2.45, 2.75) is 64.9 Å². The third-order valence-corrected chi connectivity index (χ3v) is 6.38. The number of allylic oxidation sites excluding steroid dienone is 1. The average molecular weight is 263 g/mol. The largest absolute Gasteiger partial charge is 0.498 e. The molecule has 3 nitrogen and oxygen atoms in total. The van der Waals surface area contributed by atoms with E-state index in [4.69, 9.17) is 0 Å². The van der Waals surface area contributed by atoms with Crippen molar-refractivity contribution >= 4 is 0 Å². The molecule has 2 fully saturated rings. The van der Waals surface area contributed by atoms with Gasteiger partial charge < -0.3 is 10.3 Å². The van der Waals surface area contributed by atoms with E-state index in [-0.39, 0.29) is 16.2 Å². The quantitative estimate of drug-likeness (QED) is 0.461. The average Bonchev–Trinajstić information content (AvgIpc) is 2.62. The molecule has 3 atom stereocenters. The molecule has 2 aliphatic rings. The van der Waals surface area contributed by atoms with E-state index in [0.717, 1.165) is 32.1 Å². The second kappa shape index (κ2) is 4.24. The fraction of sp³-hybridized carbons (Fsp3) is 0.812. The summed E-state index contributed by atoms with van der Waals surface area (Å²) >= 11 is 0. The zero-order chi connectivity index (χ0) is 14.4. The van der Waals surface area contributed by atoms with Crippen LogP contribution in [0.15, 0.2) is 12.7 Å². The van der Waals surface area contributed by atoms with Crippen molar-refractivity contribution in [3.8, 4) is 6.07 Å². The Kier molecular flexibility index (Phi) is 3.22. The topological polar surface area (TPSA) is 47.6 Å². The van der Waals surface area contributed by atoms with E-state index in [2.05, 4.69) is 31.5 Å². The van der Waals surface area contributed by atoms with E-state index in [9.17, 15) is 10.3 Å². The van der Waals surface area contributed by atoms with Crippen molar-refractivity contribution in [2.75, 3.05) is 0 Å². The molecule has 2 aliphatic carbocycles. The van der Waals surface area contributed by atoms with Gasteiger partial charge in [-0.3, -0.25) is 0 Å². The molecule has 0 bridgehead atoms. The molecule has 0 aliphatic heterocycles. The lowest BCUT2D eigenvalue weighted by atomic mass is 9.76. The minimum absolute atomic E-state index is 0.00141. The monoisotopic (exact) mass is 263 g/mol. The molecule has 0 radical (unpaired) electrons. The predicted molar refractivity (Wildman–Crippen MR) is 77.8 cm³/mol. The van der Waals surface area contributed by atoms with Crippen LogP contribution in [-0.2, 0) is 0 Å². The summed E-state index contributed by atoms with van der Waals surface area (Å²) in [6, 6.07) is 2.62. The summed E-state index contributed by atoms with van der Waals surface area (Å²) in [6.07, 6.45) is 7.28. The third-order valence-electron chi connectivity index (χ3n) is 6.38. The van der Waals surface area contributed by atoms with Gasteiger partial charge in [0.1, 0.15) is 0 Å². The zero-order valence-corrected chi connectivity index (χ0v) is 12.3. The smallest absolute Gasteiger partial charge is 0.299 e. The van der Waals surface area contributed by atoms with E-state index in [1.165, 1.54) is 0 Å². The first-order valence-electron chi connectivity index (χ1n) is 7.21. The molecule has 0 aromatic heterocycles. The van der Waals surface area contributed by atoms with Crippen LogP contribution in [0.2, 0.25) is 0 Å². The maximum Gasteiger partial charge on any atom is 0.299 e. The van der Waals surface area contributed by atoms with Gasteiger partial charge in [-0.15, -0.1) is 6.58 Å². The van der Waals surface area contributed by atoms with Gasteiger partial charge in [0, 0.05) is 15.8 Å². The van der Waals surface area contributed by atoms with E-state index < -0.39 is 5.60 Å². The van der Waals surface area contributed by atoms with Crippen LogP contribution in [0.1, 0.15) is 59.3 Å². The Labute approximate surface area is 116 Å². The standard InChI is InChI=1S/C16H25NO2/c1-5-6-7-8-16-13(2,3)15(16,11-12-17-19)10-9-14(16,4)18/h5,18H,1,6-11H2,2-4H3/t14-,15+,16-/m1/s1. The normalized spacial score (nSPS) is 42.1. The fourth-order valence-corrected chi connectivity index (χ4v) is 5.50. The van der Waals surface area contributed by atoms with Gasteiger partial charge in [0.2, 0.25) is 0 Å². The molecule has 3 heteroatoms. The molecular formula is C16H25NO2. The van der Waals surface area contributed by atoms with Gasteiger partial charge in [-0.25, -0.2) is 0 Å². The molecule has 0 aromatic carbocycles. The van der Waals surface area contributed by atoms with Crippen molar-refractivity contribution < 1.29 is 5.11 Å². The number of rotatable bonds is 5. The number of unbranched alkanes of at least 4 members (excludes halogenated alkanes) is 1. The van der Waals surface area contributed by atoms with E-state index in [1.807, 2.05) is 13.0 Å². The van der Waals surface area contributed by atoms with Crippen LogP contribution >= 0.6 is 0 Å². The van der Waals surface area contributed by atoms with Crippen molar-refractivity contribution in [1.29, 1.82) is 0 Å². The first-order valence-corrected chi connectivity index (χ1v) is 7.21. The first kappa shape index (κ1) is 14.4. The van der Waals surface area contributed by atoms with Gasteiger partial charge in [-0.05, 0) is 44.4 Å². The van der Waals surface area contributed by atoms with Gasteiger partial charge in [-0.1, -0.05) is 19.9 Å². The summed E-state index contributed by atoms with van der Waals surface area (Å²) in [7, 11) is 0. The summed E-state index contributed by atoms with van der Waals surface area (Å²) in [5, 5.41) is 24.1. The number of hydrogen-bond acceptors (Lipinski definition) is 2. The maximum atomic E-state index is 10.9. The number of fused-ring (bicyclic) bond motifs is 1. The molecule has 106 valence electrons. The predicted octanol–water partition coefficient (Wildman–Crippen LogP) is 4.12. The van der Waals surface area contributed by atoms with Crippen molar-refractivity contribution in [1.82, 2.24) is 0 Å². The Bertz CT molecular complexity index is 443. The molecule has 0 spiro atoms. The lowest BCUT2D eigenvalue weighted by Gasteiger charge is -2.34. The summed E-state index contributed by atoms with van der Waals surface area (Å²) in [6.45, 7) is 10.2. The molecular weight excluding hydrogens is 238 g/mol. The maximum absolute atomic E-state index is 10.9. The highest BCUT2D eigenvalue weighted by atomic mass is 16.4. The van der Waals surface area contributed by atoms with Crippen LogP contribution in [0.4, 0.5) is 0 Å². The van der Waals surface area contributed by atoms with Crippen LogP contribution in [-0.4, -0.2) is 10.7 Å². The molecule has 0 unspecified atom stereocenters. The van der Waals surface area contributed by atoms with Crippen molar-refractivity contribution in [3.05, 3.63) is 22.9 Å². The molecule has 0 heterocycles. The highest BCUT2D eigenvalue weighted by Crippen LogP contribution is 2.90. The summed E-state index contributed by atoms with van der Waals surface area (Å²) in [4.78, 5) is 0. The van der Waals surface area contributed by atoms with E-state index in [1.54, 1.807) is 0 Å². The van der Waals surface area contributed by atoms with Gasteiger partial charge in [0.25, 0.3) is 6.07 Å². The van der Waals surface area contributed by atoms with Crippen molar-refractivity contribution in [2.24, 2.45) is 16.2 Å². The summed E-state index contributed by atoms with van der Waals surface area (Å²) in [5.74, 6) is 0. The zero-order valence-electron chi connectivity index (χ0n) is 12.3.